The van der Waals surface area contributed by atoms with Gasteiger partial charge in [0.1, 0.15) is 0 Å². The molecule has 0 unspecified atom stereocenters. The summed E-state index contributed by atoms with van der Waals surface area (Å²) in [6.45, 7) is 1.32. The molecule has 0 atom stereocenters. The molecule has 0 radical (unpaired) electrons. The zero-order valence-corrected chi connectivity index (χ0v) is 13.5. The van der Waals surface area contributed by atoms with Crippen molar-refractivity contribution >= 4 is 23.3 Å². The standard InChI is InChI=1S/C17H20ClN3O/c1-21(2)12-14-7-4-3-6-13(14)11-19-17(22)20-16-9-5-8-15(18)10-16/h3-10H,11-12H2,1-2H3,(H2,19,20,22). The smallest absolute Gasteiger partial charge is 0.319 e. The first kappa shape index (κ1) is 16.3. The van der Waals surface area contributed by atoms with E-state index in [0.29, 0.717) is 17.3 Å². The predicted octanol–water partition coefficient (Wildman–Crippen LogP) is 3.72. The van der Waals surface area contributed by atoms with Crippen LogP contribution < -0.4 is 10.6 Å². The molecule has 0 heterocycles. The normalized spacial score (nSPS) is 10.5. The first-order valence-electron chi connectivity index (χ1n) is 7.06. The van der Waals surface area contributed by atoms with Gasteiger partial charge in [-0.25, -0.2) is 4.79 Å². The Hall–Kier alpha value is -2.04. The van der Waals surface area contributed by atoms with Crippen LogP contribution in [0.25, 0.3) is 0 Å². The van der Waals surface area contributed by atoms with E-state index in [-0.39, 0.29) is 6.03 Å². The van der Waals surface area contributed by atoms with E-state index in [1.54, 1.807) is 24.3 Å². The number of rotatable bonds is 5. The number of hydrogen-bond donors (Lipinski definition) is 2. The number of nitrogens with zero attached hydrogens (tertiary/aromatic N) is 1. The first-order valence-corrected chi connectivity index (χ1v) is 7.44. The molecular formula is C17H20ClN3O. The summed E-state index contributed by atoms with van der Waals surface area (Å²) < 4.78 is 0. The van der Waals surface area contributed by atoms with E-state index in [9.17, 15) is 4.79 Å². The van der Waals surface area contributed by atoms with Gasteiger partial charge in [-0.2, -0.15) is 0 Å². The molecular weight excluding hydrogens is 298 g/mol. The fraction of sp³-hybridized carbons (Fsp3) is 0.235. The summed E-state index contributed by atoms with van der Waals surface area (Å²) in [5.74, 6) is 0. The highest BCUT2D eigenvalue weighted by Crippen LogP contribution is 2.15. The summed E-state index contributed by atoms with van der Waals surface area (Å²) in [6.07, 6.45) is 0. The van der Waals surface area contributed by atoms with Crippen LogP contribution in [0.5, 0.6) is 0 Å². The molecule has 22 heavy (non-hydrogen) atoms. The van der Waals surface area contributed by atoms with Crippen LogP contribution in [0.4, 0.5) is 10.5 Å². The largest absolute Gasteiger partial charge is 0.334 e. The lowest BCUT2D eigenvalue weighted by molar-refractivity contribution is 0.251. The van der Waals surface area contributed by atoms with Crippen molar-refractivity contribution in [2.24, 2.45) is 0 Å². The Bertz CT molecular complexity index is 643. The van der Waals surface area contributed by atoms with E-state index >= 15 is 0 Å². The molecule has 2 aromatic rings. The highest BCUT2D eigenvalue weighted by molar-refractivity contribution is 6.30. The summed E-state index contributed by atoms with van der Waals surface area (Å²) in [7, 11) is 4.05. The number of amides is 2. The van der Waals surface area contributed by atoms with Crippen molar-refractivity contribution in [2.75, 3.05) is 19.4 Å². The Kier molecular flexibility index (Phi) is 5.81. The number of benzene rings is 2. The highest BCUT2D eigenvalue weighted by Gasteiger charge is 2.06. The fourth-order valence-corrected chi connectivity index (χ4v) is 2.33. The van der Waals surface area contributed by atoms with Crippen molar-refractivity contribution in [3.8, 4) is 0 Å². The summed E-state index contributed by atoms with van der Waals surface area (Å²) in [4.78, 5) is 14.1. The van der Waals surface area contributed by atoms with Crippen LogP contribution in [0.15, 0.2) is 48.5 Å². The Balaban J connectivity index is 1.94. The molecule has 0 saturated carbocycles. The van der Waals surface area contributed by atoms with Gasteiger partial charge in [-0.05, 0) is 43.4 Å². The SMILES string of the molecule is CN(C)Cc1ccccc1CNC(=O)Nc1cccc(Cl)c1. The molecule has 2 rings (SSSR count). The average Bonchev–Trinajstić information content (AvgIpc) is 2.46. The fourth-order valence-electron chi connectivity index (χ4n) is 2.14. The number of nitrogens with one attached hydrogen (secondary N) is 2. The van der Waals surface area contributed by atoms with Gasteiger partial charge >= 0.3 is 6.03 Å². The molecule has 2 amide bonds. The molecule has 0 spiro atoms. The van der Waals surface area contributed by atoms with Crippen LogP contribution in [0.1, 0.15) is 11.1 Å². The van der Waals surface area contributed by atoms with Gasteiger partial charge in [0, 0.05) is 23.8 Å². The molecule has 0 aliphatic rings. The minimum absolute atomic E-state index is 0.248. The third kappa shape index (κ3) is 5.06. The first-order chi connectivity index (χ1) is 10.5. The minimum Gasteiger partial charge on any atom is -0.334 e. The highest BCUT2D eigenvalue weighted by atomic mass is 35.5. The lowest BCUT2D eigenvalue weighted by Gasteiger charge is -2.15. The molecule has 2 N–H and O–H groups in total. The zero-order chi connectivity index (χ0) is 15.9. The molecule has 0 bridgehead atoms. The zero-order valence-electron chi connectivity index (χ0n) is 12.8. The van der Waals surface area contributed by atoms with Crippen LogP contribution in [-0.2, 0) is 13.1 Å². The number of hydrogen-bond acceptors (Lipinski definition) is 2. The molecule has 4 nitrogen and oxygen atoms in total. The van der Waals surface area contributed by atoms with Crippen molar-refractivity contribution in [2.45, 2.75) is 13.1 Å². The third-order valence-electron chi connectivity index (χ3n) is 3.13. The number of carbonyl (C=O) groups is 1. The topological polar surface area (TPSA) is 44.4 Å². The van der Waals surface area contributed by atoms with Crippen LogP contribution >= 0.6 is 11.6 Å². The average molecular weight is 318 g/mol. The maximum Gasteiger partial charge on any atom is 0.319 e. The second-order valence-electron chi connectivity index (χ2n) is 5.32. The maximum atomic E-state index is 12.0. The van der Waals surface area contributed by atoms with E-state index in [1.165, 1.54) is 5.56 Å². The van der Waals surface area contributed by atoms with Crippen LogP contribution in [0, 0.1) is 0 Å². The maximum absolute atomic E-state index is 12.0. The predicted molar refractivity (Wildman–Crippen MR) is 91.1 cm³/mol. The molecule has 0 aromatic heterocycles. The van der Waals surface area contributed by atoms with Gasteiger partial charge in [-0.15, -0.1) is 0 Å². The van der Waals surface area contributed by atoms with Gasteiger partial charge in [0.25, 0.3) is 0 Å². The Morgan fingerprint density at radius 3 is 2.50 bits per heavy atom. The number of halogens is 1. The molecule has 5 heteroatoms. The monoisotopic (exact) mass is 317 g/mol. The lowest BCUT2D eigenvalue weighted by Crippen LogP contribution is -2.28. The second-order valence-corrected chi connectivity index (χ2v) is 5.76. The summed E-state index contributed by atoms with van der Waals surface area (Å²) in [5.41, 5.74) is 2.99. The van der Waals surface area contributed by atoms with Crippen LogP contribution in [0.3, 0.4) is 0 Å². The molecule has 116 valence electrons. The molecule has 0 aliphatic carbocycles. The lowest BCUT2D eigenvalue weighted by atomic mass is 10.1. The van der Waals surface area contributed by atoms with Crippen molar-refractivity contribution < 1.29 is 4.79 Å². The minimum atomic E-state index is -0.248. The van der Waals surface area contributed by atoms with Crippen LogP contribution in [-0.4, -0.2) is 25.0 Å². The molecule has 0 aliphatic heterocycles. The Morgan fingerprint density at radius 2 is 1.82 bits per heavy atom. The summed E-state index contributed by atoms with van der Waals surface area (Å²) in [5, 5.41) is 6.23. The molecule has 0 fully saturated rings. The summed E-state index contributed by atoms with van der Waals surface area (Å²) >= 11 is 5.89. The van der Waals surface area contributed by atoms with Gasteiger partial charge < -0.3 is 15.5 Å². The van der Waals surface area contributed by atoms with E-state index < -0.39 is 0 Å². The quantitative estimate of drug-likeness (QED) is 0.882. The van der Waals surface area contributed by atoms with E-state index in [0.717, 1.165) is 12.1 Å². The van der Waals surface area contributed by atoms with E-state index in [1.807, 2.05) is 32.3 Å². The van der Waals surface area contributed by atoms with Gasteiger partial charge in [0.15, 0.2) is 0 Å². The number of carbonyl (C=O) groups excluding carboxylic acids is 1. The Labute approximate surface area is 136 Å². The second kappa shape index (κ2) is 7.82. The van der Waals surface area contributed by atoms with Crippen molar-refractivity contribution in [3.63, 3.8) is 0 Å². The van der Waals surface area contributed by atoms with Crippen molar-refractivity contribution in [1.29, 1.82) is 0 Å². The van der Waals surface area contributed by atoms with E-state index in [2.05, 4.69) is 21.6 Å². The third-order valence-corrected chi connectivity index (χ3v) is 3.36. The van der Waals surface area contributed by atoms with Gasteiger partial charge in [0.2, 0.25) is 0 Å². The Morgan fingerprint density at radius 1 is 1.09 bits per heavy atom. The van der Waals surface area contributed by atoms with Gasteiger partial charge in [-0.3, -0.25) is 0 Å². The summed E-state index contributed by atoms with van der Waals surface area (Å²) in [6, 6.07) is 14.9. The van der Waals surface area contributed by atoms with Gasteiger partial charge in [-0.1, -0.05) is 41.9 Å². The molecule has 2 aromatic carbocycles. The van der Waals surface area contributed by atoms with Crippen molar-refractivity contribution in [3.05, 3.63) is 64.7 Å². The van der Waals surface area contributed by atoms with Crippen molar-refractivity contribution in [1.82, 2.24) is 10.2 Å². The number of anilines is 1. The number of urea groups is 1. The van der Waals surface area contributed by atoms with Crippen LogP contribution in [0.2, 0.25) is 5.02 Å². The molecule has 0 saturated heterocycles. The van der Waals surface area contributed by atoms with E-state index in [4.69, 9.17) is 11.6 Å². The van der Waals surface area contributed by atoms with Gasteiger partial charge in [0.05, 0.1) is 0 Å².